The lowest BCUT2D eigenvalue weighted by atomic mass is 10.1. The number of urea groups is 1. The Balaban J connectivity index is 1.63. The summed E-state index contributed by atoms with van der Waals surface area (Å²) in [6.45, 7) is 6.94. The second kappa shape index (κ2) is 10.1. The first-order chi connectivity index (χ1) is 16.0. The highest BCUT2D eigenvalue weighted by Crippen LogP contribution is 2.25. The van der Waals surface area contributed by atoms with Crippen LogP contribution < -0.4 is 15.6 Å². The Hall–Kier alpha value is -3.32. The lowest BCUT2D eigenvalue weighted by Gasteiger charge is -2.30. The molecule has 0 spiro atoms. The van der Waals surface area contributed by atoms with Crippen molar-refractivity contribution < 1.29 is 9.53 Å². The number of rotatable bonds is 7. The van der Waals surface area contributed by atoms with Gasteiger partial charge in [-0.05, 0) is 68.6 Å². The number of nitrogens with zero attached hydrogens (tertiary/aromatic N) is 2. The summed E-state index contributed by atoms with van der Waals surface area (Å²) in [6.07, 6.45) is 2.16. The highest BCUT2D eigenvalue weighted by atomic mass is 16.5. The molecule has 1 fully saturated rings. The van der Waals surface area contributed by atoms with E-state index in [1.54, 1.807) is 12.0 Å². The zero-order valence-corrected chi connectivity index (χ0v) is 19.6. The molecule has 0 radical (unpaired) electrons. The second-order valence-corrected chi connectivity index (χ2v) is 8.65. The third-order valence-electron chi connectivity index (χ3n) is 6.41. The number of hydrogen-bond acceptors (Lipinski definition) is 4. The van der Waals surface area contributed by atoms with Gasteiger partial charge in [-0.25, -0.2) is 4.79 Å². The zero-order chi connectivity index (χ0) is 23.4. The quantitative estimate of drug-likeness (QED) is 0.563. The van der Waals surface area contributed by atoms with Crippen molar-refractivity contribution in [1.29, 1.82) is 0 Å². The molecule has 2 amide bonds. The van der Waals surface area contributed by atoms with Gasteiger partial charge in [0, 0.05) is 23.7 Å². The van der Waals surface area contributed by atoms with Crippen LogP contribution in [-0.2, 0) is 6.54 Å². The number of anilines is 1. The molecule has 2 heterocycles. The number of H-pyrrole nitrogens is 1. The molecule has 0 unspecified atom stereocenters. The summed E-state index contributed by atoms with van der Waals surface area (Å²) in [6, 6.07) is 15.2. The first kappa shape index (κ1) is 22.9. The SMILES string of the molecule is CCN1CCC[C@H]1CN(Cc1cc2cc(C)ccc2[nH]c1=O)C(=O)Nc1ccccc1OC. The van der Waals surface area contributed by atoms with Crippen molar-refractivity contribution >= 4 is 22.6 Å². The lowest BCUT2D eigenvalue weighted by molar-refractivity contribution is 0.174. The number of ether oxygens (including phenoxy) is 1. The third kappa shape index (κ3) is 5.20. The predicted octanol–water partition coefficient (Wildman–Crippen LogP) is 4.36. The molecular weight excluding hydrogens is 416 g/mol. The molecule has 7 nitrogen and oxygen atoms in total. The maximum absolute atomic E-state index is 13.4. The van der Waals surface area contributed by atoms with Crippen LogP contribution in [0, 0.1) is 6.92 Å². The molecule has 7 heteroatoms. The standard InChI is InChI=1S/C26H32N4O3/c1-4-29-13-7-8-21(29)17-30(26(32)28-23-9-5-6-10-24(23)33-3)16-20-15-19-14-18(2)11-12-22(19)27-25(20)31/h5-6,9-12,14-15,21H,4,7-8,13,16-17H2,1-3H3,(H,27,31)(H,28,32)/t21-/m0/s1. The van der Waals surface area contributed by atoms with E-state index in [-0.39, 0.29) is 24.2 Å². The smallest absolute Gasteiger partial charge is 0.322 e. The summed E-state index contributed by atoms with van der Waals surface area (Å²) in [7, 11) is 1.58. The summed E-state index contributed by atoms with van der Waals surface area (Å²) in [4.78, 5) is 33.4. The number of carbonyl (C=O) groups is 1. The Morgan fingerprint density at radius 2 is 2.06 bits per heavy atom. The molecule has 0 bridgehead atoms. The fourth-order valence-electron chi connectivity index (χ4n) is 4.63. The summed E-state index contributed by atoms with van der Waals surface area (Å²) in [5, 5.41) is 3.95. The average molecular weight is 449 g/mol. The van der Waals surface area contributed by atoms with E-state index in [0.29, 0.717) is 23.5 Å². The van der Waals surface area contributed by atoms with Gasteiger partial charge in [0.1, 0.15) is 5.75 Å². The molecule has 0 aliphatic carbocycles. The van der Waals surface area contributed by atoms with Gasteiger partial charge in [-0.3, -0.25) is 9.69 Å². The van der Waals surface area contributed by atoms with Crippen molar-refractivity contribution in [3.05, 3.63) is 70.0 Å². The molecule has 174 valence electrons. The largest absolute Gasteiger partial charge is 0.495 e. The molecule has 0 saturated carbocycles. The first-order valence-electron chi connectivity index (χ1n) is 11.5. The van der Waals surface area contributed by atoms with Crippen LogP contribution in [0.5, 0.6) is 5.75 Å². The van der Waals surface area contributed by atoms with Gasteiger partial charge in [-0.15, -0.1) is 0 Å². The molecule has 2 N–H and O–H groups in total. The van der Waals surface area contributed by atoms with Crippen LogP contribution in [0.2, 0.25) is 0 Å². The van der Waals surface area contributed by atoms with Crippen molar-refractivity contribution in [2.75, 3.05) is 32.1 Å². The van der Waals surface area contributed by atoms with Crippen LogP contribution in [0.15, 0.2) is 53.3 Å². The highest BCUT2D eigenvalue weighted by Gasteiger charge is 2.28. The van der Waals surface area contributed by atoms with Gasteiger partial charge in [-0.2, -0.15) is 0 Å². The summed E-state index contributed by atoms with van der Waals surface area (Å²) in [5.41, 5.74) is 2.93. The minimum atomic E-state index is -0.244. The van der Waals surface area contributed by atoms with Crippen LogP contribution in [0.1, 0.15) is 30.9 Å². The monoisotopic (exact) mass is 448 g/mol. The Kier molecular flexibility index (Phi) is 6.99. The lowest BCUT2D eigenvalue weighted by Crippen LogP contribution is -2.45. The molecule has 1 saturated heterocycles. The van der Waals surface area contributed by atoms with E-state index in [4.69, 9.17) is 4.74 Å². The summed E-state index contributed by atoms with van der Waals surface area (Å²) in [5.74, 6) is 0.598. The van der Waals surface area contributed by atoms with E-state index in [1.165, 1.54) is 0 Å². The number of benzene rings is 2. The number of aromatic nitrogens is 1. The third-order valence-corrected chi connectivity index (χ3v) is 6.41. The zero-order valence-electron chi connectivity index (χ0n) is 19.6. The van der Waals surface area contributed by atoms with Gasteiger partial charge >= 0.3 is 6.03 Å². The van der Waals surface area contributed by atoms with Crippen LogP contribution in [0.3, 0.4) is 0 Å². The number of aryl methyl sites for hydroxylation is 1. The molecule has 1 atom stereocenters. The van der Waals surface area contributed by atoms with Crippen molar-refractivity contribution in [3.8, 4) is 5.75 Å². The van der Waals surface area contributed by atoms with Gasteiger partial charge in [0.25, 0.3) is 5.56 Å². The number of fused-ring (bicyclic) bond motifs is 1. The molecule has 1 aromatic heterocycles. The molecule has 1 aliphatic heterocycles. The van der Waals surface area contributed by atoms with Gasteiger partial charge in [0.2, 0.25) is 0 Å². The minimum absolute atomic E-state index is 0.166. The molecule has 2 aromatic carbocycles. The Morgan fingerprint density at radius 1 is 1.24 bits per heavy atom. The fourth-order valence-corrected chi connectivity index (χ4v) is 4.63. The number of nitrogens with one attached hydrogen (secondary N) is 2. The van der Waals surface area contributed by atoms with E-state index in [1.807, 2.05) is 55.5 Å². The van der Waals surface area contributed by atoms with E-state index < -0.39 is 0 Å². The van der Waals surface area contributed by atoms with E-state index in [0.717, 1.165) is 42.4 Å². The van der Waals surface area contributed by atoms with Gasteiger partial charge < -0.3 is 19.9 Å². The molecule has 33 heavy (non-hydrogen) atoms. The predicted molar refractivity (Wildman–Crippen MR) is 132 cm³/mol. The van der Waals surface area contributed by atoms with E-state index in [2.05, 4.69) is 22.1 Å². The molecule has 1 aliphatic rings. The summed E-state index contributed by atoms with van der Waals surface area (Å²) < 4.78 is 5.39. The average Bonchev–Trinajstić information content (AvgIpc) is 3.26. The number of likely N-dealkylation sites (tertiary alicyclic amines) is 1. The van der Waals surface area contributed by atoms with Gasteiger partial charge in [-0.1, -0.05) is 30.7 Å². The Labute approximate surface area is 194 Å². The Bertz CT molecular complexity index is 1190. The minimum Gasteiger partial charge on any atom is -0.495 e. The van der Waals surface area contributed by atoms with Crippen LogP contribution in [0.25, 0.3) is 10.9 Å². The normalized spacial score (nSPS) is 16.2. The van der Waals surface area contributed by atoms with Gasteiger partial charge in [0.05, 0.1) is 19.3 Å². The number of amides is 2. The molecule has 3 aromatic rings. The van der Waals surface area contributed by atoms with Crippen LogP contribution >= 0.6 is 0 Å². The number of hydrogen-bond donors (Lipinski definition) is 2. The molecular formula is C26H32N4O3. The number of pyridine rings is 1. The van der Waals surface area contributed by atoms with Crippen LogP contribution in [-0.4, -0.2) is 53.6 Å². The van der Waals surface area contributed by atoms with E-state index >= 15 is 0 Å². The van der Waals surface area contributed by atoms with Crippen molar-refractivity contribution in [3.63, 3.8) is 0 Å². The highest BCUT2D eigenvalue weighted by molar-refractivity contribution is 5.91. The van der Waals surface area contributed by atoms with Crippen molar-refractivity contribution in [2.24, 2.45) is 0 Å². The number of methoxy groups -OCH3 is 1. The second-order valence-electron chi connectivity index (χ2n) is 8.65. The number of para-hydroxylation sites is 2. The summed E-state index contributed by atoms with van der Waals surface area (Å²) >= 11 is 0. The fraction of sp³-hybridized carbons (Fsp3) is 0.385. The van der Waals surface area contributed by atoms with Crippen molar-refractivity contribution in [1.82, 2.24) is 14.8 Å². The van der Waals surface area contributed by atoms with Crippen molar-refractivity contribution in [2.45, 2.75) is 39.3 Å². The first-order valence-corrected chi connectivity index (χ1v) is 11.5. The topological polar surface area (TPSA) is 77.7 Å². The maximum atomic E-state index is 13.4. The van der Waals surface area contributed by atoms with Gasteiger partial charge in [0.15, 0.2) is 0 Å². The van der Waals surface area contributed by atoms with Crippen LogP contribution in [0.4, 0.5) is 10.5 Å². The maximum Gasteiger partial charge on any atom is 0.322 e. The number of aromatic amines is 1. The Morgan fingerprint density at radius 3 is 2.85 bits per heavy atom. The van der Waals surface area contributed by atoms with E-state index in [9.17, 15) is 9.59 Å². The molecule has 4 rings (SSSR count). The number of likely N-dealkylation sites (N-methyl/N-ethyl adjacent to an activating group) is 1. The number of carbonyl (C=O) groups excluding carboxylic acids is 1.